The standard InChI is InChI=1S/C9H9ClO2.C8H15N/c1-7(12-6-11)8-4-2-3-5-9(8)10;1-5-6-8(9-4)7(2)3/h2-7H,1H3;6,9H,2,5H2,1,3-4H3/b;8-6-/t7-;/m1./s1. The lowest BCUT2D eigenvalue weighted by atomic mass is 10.1. The first-order valence-corrected chi connectivity index (χ1v) is 7.23. The van der Waals surface area contributed by atoms with Crippen molar-refractivity contribution in [3.63, 3.8) is 0 Å². The van der Waals surface area contributed by atoms with Crippen LogP contribution < -0.4 is 5.32 Å². The van der Waals surface area contributed by atoms with Crippen LogP contribution in [0.5, 0.6) is 0 Å². The third-order valence-corrected chi connectivity index (χ3v) is 3.08. The molecule has 0 amide bonds. The monoisotopic (exact) mass is 309 g/mol. The van der Waals surface area contributed by atoms with Gasteiger partial charge in [0, 0.05) is 23.3 Å². The van der Waals surface area contributed by atoms with Crippen LogP contribution in [0.4, 0.5) is 0 Å². The van der Waals surface area contributed by atoms with Crippen molar-refractivity contribution in [2.45, 2.75) is 33.3 Å². The van der Waals surface area contributed by atoms with Crippen LogP contribution in [0.15, 0.2) is 48.2 Å². The molecule has 0 aliphatic carbocycles. The lowest BCUT2D eigenvalue weighted by Gasteiger charge is -2.10. The summed E-state index contributed by atoms with van der Waals surface area (Å²) >= 11 is 5.86. The van der Waals surface area contributed by atoms with Crippen LogP contribution >= 0.6 is 11.6 Å². The molecule has 1 N–H and O–H groups in total. The van der Waals surface area contributed by atoms with Gasteiger partial charge in [-0.05, 0) is 31.9 Å². The summed E-state index contributed by atoms with van der Waals surface area (Å²) in [5, 5.41) is 3.68. The molecule has 1 atom stereocenters. The molecule has 0 aliphatic rings. The molecule has 4 heteroatoms. The maximum absolute atomic E-state index is 10.0. The number of hydrogen-bond acceptors (Lipinski definition) is 3. The number of rotatable bonds is 6. The van der Waals surface area contributed by atoms with E-state index >= 15 is 0 Å². The third kappa shape index (κ3) is 7.57. The van der Waals surface area contributed by atoms with E-state index in [2.05, 4.69) is 24.9 Å². The molecular weight excluding hydrogens is 286 g/mol. The molecule has 3 nitrogen and oxygen atoms in total. The molecule has 0 unspecified atom stereocenters. The van der Waals surface area contributed by atoms with Gasteiger partial charge < -0.3 is 10.1 Å². The summed E-state index contributed by atoms with van der Waals surface area (Å²) in [5.74, 6) is 0. The highest BCUT2D eigenvalue weighted by molar-refractivity contribution is 6.31. The van der Waals surface area contributed by atoms with E-state index in [-0.39, 0.29) is 6.10 Å². The second-order valence-corrected chi connectivity index (χ2v) is 4.86. The first-order valence-electron chi connectivity index (χ1n) is 6.85. The predicted octanol–water partition coefficient (Wildman–Crippen LogP) is 4.65. The molecule has 21 heavy (non-hydrogen) atoms. The van der Waals surface area contributed by atoms with E-state index in [9.17, 15) is 4.79 Å². The third-order valence-electron chi connectivity index (χ3n) is 2.74. The molecular formula is C17H24ClNO2. The Hall–Kier alpha value is -1.74. The highest BCUT2D eigenvalue weighted by atomic mass is 35.5. The summed E-state index contributed by atoms with van der Waals surface area (Å²) in [6.07, 6.45) is 2.90. The largest absolute Gasteiger partial charge is 0.460 e. The Balaban J connectivity index is 0.000000400. The Bertz CT molecular complexity index is 483. The Morgan fingerprint density at radius 3 is 2.48 bits per heavy atom. The Labute approximate surface area is 132 Å². The molecule has 0 fully saturated rings. The zero-order chi connectivity index (χ0) is 16.3. The van der Waals surface area contributed by atoms with E-state index < -0.39 is 0 Å². The molecule has 1 rings (SSSR count). The summed E-state index contributed by atoms with van der Waals surface area (Å²) in [4.78, 5) is 10.0. The fourth-order valence-electron chi connectivity index (χ4n) is 1.66. The molecule has 0 aliphatic heterocycles. The van der Waals surface area contributed by atoms with Crippen molar-refractivity contribution in [2.75, 3.05) is 7.05 Å². The van der Waals surface area contributed by atoms with Crippen LogP contribution in [-0.4, -0.2) is 13.5 Å². The molecule has 1 aromatic rings. The number of benzene rings is 1. The van der Waals surface area contributed by atoms with E-state index in [0.717, 1.165) is 23.3 Å². The highest BCUT2D eigenvalue weighted by Crippen LogP contribution is 2.23. The highest BCUT2D eigenvalue weighted by Gasteiger charge is 2.08. The van der Waals surface area contributed by atoms with Crippen molar-refractivity contribution >= 4 is 18.1 Å². The fraction of sp³-hybridized carbons (Fsp3) is 0.353. The van der Waals surface area contributed by atoms with E-state index in [4.69, 9.17) is 16.3 Å². The Morgan fingerprint density at radius 2 is 2.10 bits per heavy atom. The number of nitrogens with one attached hydrogen (secondary N) is 1. The van der Waals surface area contributed by atoms with Crippen LogP contribution in [0.3, 0.4) is 0 Å². The van der Waals surface area contributed by atoms with Gasteiger partial charge in [-0.25, -0.2) is 0 Å². The molecule has 0 spiro atoms. The van der Waals surface area contributed by atoms with Gasteiger partial charge in [0.05, 0.1) is 0 Å². The zero-order valence-corrected chi connectivity index (χ0v) is 13.9. The maximum Gasteiger partial charge on any atom is 0.293 e. The summed E-state index contributed by atoms with van der Waals surface area (Å²) in [5.41, 5.74) is 3.07. The first kappa shape index (κ1) is 19.3. The molecule has 0 aromatic heterocycles. The topological polar surface area (TPSA) is 38.3 Å². The molecule has 1 aromatic carbocycles. The van der Waals surface area contributed by atoms with Crippen molar-refractivity contribution in [1.82, 2.24) is 5.32 Å². The lowest BCUT2D eigenvalue weighted by molar-refractivity contribution is -0.133. The number of carbonyl (C=O) groups excluding carboxylic acids is 1. The van der Waals surface area contributed by atoms with E-state index in [1.165, 1.54) is 0 Å². The van der Waals surface area contributed by atoms with Gasteiger partial charge in [0.25, 0.3) is 6.47 Å². The summed E-state index contributed by atoms with van der Waals surface area (Å²) in [7, 11) is 1.91. The number of allylic oxidation sites excluding steroid dienone is 2. The smallest absolute Gasteiger partial charge is 0.293 e. The van der Waals surface area contributed by atoms with Crippen molar-refractivity contribution < 1.29 is 9.53 Å². The minimum absolute atomic E-state index is 0.281. The number of carbonyl (C=O) groups is 1. The molecule has 116 valence electrons. The number of likely N-dealkylation sites (N-methyl/N-ethyl adjacent to an activating group) is 1. The number of halogens is 1. The van der Waals surface area contributed by atoms with Gasteiger partial charge in [0.2, 0.25) is 0 Å². The quantitative estimate of drug-likeness (QED) is 0.614. The Morgan fingerprint density at radius 1 is 1.48 bits per heavy atom. The van der Waals surface area contributed by atoms with Crippen molar-refractivity contribution in [2.24, 2.45) is 0 Å². The van der Waals surface area contributed by atoms with Crippen molar-refractivity contribution in [1.29, 1.82) is 0 Å². The second kappa shape index (κ2) is 11.0. The van der Waals surface area contributed by atoms with Gasteiger partial charge in [-0.1, -0.05) is 49.4 Å². The van der Waals surface area contributed by atoms with Crippen LogP contribution in [0.2, 0.25) is 5.02 Å². The molecule has 0 saturated carbocycles. The van der Waals surface area contributed by atoms with E-state index in [1.807, 2.05) is 32.2 Å². The van der Waals surface area contributed by atoms with Gasteiger partial charge in [0.1, 0.15) is 6.10 Å². The average molecular weight is 310 g/mol. The molecule has 0 saturated heterocycles. The van der Waals surface area contributed by atoms with E-state index in [1.54, 1.807) is 13.0 Å². The summed E-state index contributed by atoms with van der Waals surface area (Å²) < 4.78 is 4.74. The predicted molar refractivity (Wildman–Crippen MR) is 89.3 cm³/mol. The molecule has 0 heterocycles. The zero-order valence-electron chi connectivity index (χ0n) is 13.2. The van der Waals surface area contributed by atoms with Gasteiger partial charge >= 0.3 is 0 Å². The van der Waals surface area contributed by atoms with Gasteiger partial charge in [-0.2, -0.15) is 0 Å². The van der Waals surface area contributed by atoms with Gasteiger partial charge in [-0.15, -0.1) is 0 Å². The minimum atomic E-state index is -0.281. The Kier molecular flexibility index (Phi) is 10.1. The summed E-state index contributed by atoms with van der Waals surface area (Å²) in [6.45, 7) is 10.1. The summed E-state index contributed by atoms with van der Waals surface area (Å²) in [6, 6.07) is 7.28. The number of ether oxygens (including phenoxy) is 1. The van der Waals surface area contributed by atoms with Crippen molar-refractivity contribution in [3.05, 3.63) is 58.8 Å². The fourth-order valence-corrected chi connectivity index (χ4v) is 1.94. The van der Waals surface area contributed by atoms with E-state index in [0.29, 0.717) is 11.5 Å². The maximum atomic E-state index is 10.0. The van der Waals surface area contributed by atoms with Crippen LogP contribution in [-0.2, 0) is 9.53 Å². The number of hydrogen-bond donors (Lipinski definition) is 1. The van der Waals surface area contributed by atoms with Gasteiger partial charge in [0.15, 0.2) is 0 Å². The average Bonchev–Trinajstić information content (AvgIpc) is 2.45. The minimum Gasteiger partial charge on any atom is -0.460 e. The normalized spacial score (nSPS) is 11.8. The lowest BCUT2D eigenvalue weighted by Crippen LogP contribution is -2.05. The van der Waals surface area contributed by atoms with Crippen LogP contribution in [0, 0.1) is 0 Å². The first-order chi connectivity index (χ1) is 9.97. The van der Waals surface area contributed by atoms with Crippen LogP contribution in [0.1, 0.15) is 38.9 Å². The van der Waals surface area contributed by atoms with Crippen LogP contribution in [0.25, 0.3) is 0 Å². The SMILES string of the molecule is C=C(C)/C(=C/CC)NC.C[C@@H](OC=O)c1ccccc1Cl. The second-order valence-electron chi connectivity index (χ2n) is 4.45. The van der Waals surface area contributed by atoms with Crippen molar-refractivity contribution in [3.8, 4) is 0 Å². The van der Waals surface area contributed by atoms with Gasteiger partial charge in [-0.3, -0.25) is 4.79 Å². The molecule has 0 bridgehead atoms. The molecule has 0 radical (unpaired) electrons.